The van der Waals surface area contributed by atoms with Crippen LogP contribution in [0.2, 0.25) is 0 Å². The summed E-state index contributed by atoms with van der Waals surface area (Å²) in [6.45, 7) is 8.08. The Morgan fingerprint density at radius 2 is 2.00 bits per heavy atom. The Balaban J connectivity index is 1.25. The Morgan fingerprint density at radius 3 is 2.75 bits per heavy atom. The predicted octanol–water partition coefficient (Wildman–Crippen LogP) is 2.09. The van der Waals surface area contributed by atoms with E-state index in [2.05, 4.69) is 36.7 Å². The zero-order valence-corrected chi connectivity index (χ0v) is 14.8. The van der Waals surface area contributed by atoms with Crippen molar-refractivity contribution in [3.05, 3.63) is 29.8 Å². The van der Waals surface area contributed by atoms with Crippen LogP contribution >= 0.6 is 11.3 Å². The lowest BCUT2D eigenvalue weighted by atomic mass is 9.97. The van der Waals surface area contributed by atoms with Crippen LogP contribution in [0.4, 0.5) is 5.13 Å². The monoisotopic (exact) mass is 347 g/mol. The number of anilines is 1. The number of ether oxygens (including phenoxy) is 1. The number of thiazole rings is 1. The van der Waals surface area contributed by atoms with Crippen LogP contribution in [0.15, 0.2) is 24.9 Å². The molecule has 6 nitrogen and oxygen atoms in total. The standard InChI is InChI=1S/C17H25N5OS/c1-4-20(5-2-15(1)12-21-6-3-18-14-21)13-16-11-19-17(24-16)22-7-9-23-10-8-22/h3,6,11,14-15H,1-2,4-5,7-10,12-13H2. The molecule has 2 aliphatic rings. The number of hydrogen-bond acceptors (Lipinski definition) is 6. The Morgan fingerprint density at radius 1 is 1.17 bits per heavy atom. The van der Waals surface area contributed by atoms with Crippen LogP contribution in [-0.2, 0) is 17.8 Å². The molecule has 130 valence electrons. The summed E-state index contributed by atoms with van der Waals surface area (Å²) < 4.78 is 7.62. The van der Waals surface area contributed by atoms with Gasteiger partial charge in [-0.1, -0.05) is 0 Å². The molecule has 0 radical (unpaired) electrons. The van der Waals surface area contributed by atoms with Crippen molar-refractivity contribution in [1.82, 2.24) is 19.4 Å². The number of imidazole rings is 1. The number of likely N-dealkylation sites (tertiary alicyclic amines) is 1. The van der Waals surface area contributed by atoms with Gasteiger partial charge in [0.05, 0.1) is 19.5 Å². The van der Waals surface area contributed by atoms with Gasteiger partial charge in [-0.15, -0.1) is 11.3 Å². The minimum atomic E-state index is 0.779. The molecule has 7 heteroatoms. The van der Waals surface area contributed by atoms with Crippen molar-refractivity contribution >= 4 is 16.5 Å². The van der Waals surface area contributed by atoms with Crippen molar-refractivity contribution in [3.8, 4) is 0 Å². The van der Waals surface area contributed by atoms with Crippen LogP contribution in [0.5, 0.6) is 0 Å². The van der Waals surface area contributed by atoms with Gasteiger partial charge in [0.2, 0.25) is 0 Å². The number of morpholine rings is 1. The van der Waals surface area contributed by atoms with Crippen molar-refractivity contribution in [2.24, 2.45) is 5.92 Å². The van der Waals surface area contributed by atoms with Crippen LogP contribution in [0.25, 0.3) is 0 Å². The van der Waals surface area contributed by atoms with Gasteiger partial charge in [0.15, 0.2) is 5.13 Å². The van der Waals surface area contributed by atoms with Gasteiger partial charge in [-0.2, -0.15) is 0 Å². The minimum absolute atomic E-state index is 0.779. The summed E-state index contributed by atoms with van der Waals surface area (Å²) >= 11 is 1.84. The number of nitrogens with zero attached hydrogens (tertiary/aromatic N) is 5. The van der Waals surface area contributed by atoms with E-state index in [1.807, 2.05) is 23.9 Å². The van der Waals surface area contributed by atoms with Crippen LogP contribution in [0, 0.1) is 5.92 Å². The van der Waals surface area contributed by atoms with Gasteiger partial charge in [0, 0.05) is 49.6 Å². The van der Waals surface area contributed by atoms with Gasteiger partial charge >= 0.3 is 0 Å². The van der Waals surface area contributed by atoms with Crippen molar-refractivity contribution < 1.29 is 4.74 Å². The Bertz CT molecular complexity index is 615. The molecule has 0 amide bonds. The van der Waals surface area contributed by atoms with Gasteiger partial charge in [0.1, 0.15) is 0 Å². The Labute approximate surface area is 147 Å². The Kier molecular flexibility index (Phi) is 5.10. The number of piperidine rings is 1. The topological polar surface area (TPSA) is 46.4 Å². The summed E-state index contributed by atoms with van der Waals surface area (Å²) in [6.07, 6.45) is 10.5. The van der Waals surface area contributed by atoms with Gasteiger partial charge in [-0.3, -0.25) is 4.90 Å². The summed E-state index contributed by atoms with van der Waals surface area (Å²) in [7, 11) is 0. The summed E-state index contributed by atoms with van der Waals surface area (Å²) in [5, 5.41) is 1.16. The highest BCUT2D eigenvalue weighted by atomic mass is 32.1. The molecule has 0 aromatic carbocycles. The minimum Gasteiger partial charge on any atom is -0.378 e. The van der Waals surface area contributed by atoms with Crippen LogP contribution in [0.1, 0.15) is 17.7 Å². The highest BCUT2D eigenvalue weighted by Crippen LogP contribution is 2.26. The molecule has 2 saturated heterocycles. The van der Waals surface area contributed by atoms with Crippen molar-refractivity contribution in [3.63, 3.8) is 0 Å². The first kappa shape index (κ1) is 16.1. The van der Waals surface area contributed by atoms with Gasteiger partial charge in [-0.25, -0.2) is 9.97 Å². The molecule has 0 saturated carbocycles. The fourth-order valence-corrected chi connectivity index (χ4v) is 4.52. The third-order valence-corrected chi connectivity index (χ3v) is 5.98. The maximum absolute atomic E-state index is 5.42. The van der Waals surface area contributed by atoms with E-state index in [4.69, 9.17) is 4.74 Å². The molecule has 2 fully saturated rings. The van der Waals surface area contributed by atoms with E-state index >= 15 is 0 Å². The molecule has 0 aliphatic carbocycles. The lowest BCUT2D eigenvalue weighted by molar-refractivity contribution is 0.122. The molecule has 0 spiro atoms. The SMILES string of the molecule is c1cn(CC2CCN(Cc3cnc(N4CCOCC4)s3)CC2)cn1. The lowest BCUT2D eigenvalue weighted by Gasteiger charge is -2.31. The molecule has 0 bridgehead atoms. The van der Waals surface area contributed by atoms with Crippen molar-refractivity contribution in [2.45, 2.75) is 25.9 Å². The lowest BCUT2D eigenvalue weighted by Crippen LogP contribution is -2.36. The zero-order valence-electron chi connectivity index (χ0n) is 14.0. The summed E-state index contributed by atoms with van der Waals surface area (Å²) in [4.78, 5) is 15.0. The largest absolute Gasteiger partial charge is 0.378 e. The molecular weight excluding hydrogens is 322 g/mol. The molecular formula is C17H25N5OS. The second kappa shape index (κ2) is 7.63. The number of rotatable bonds is 5. The van der Waals surface area contributed by atoms with Crippen molar-refractivity contribution in [1.29, 1.82) is 0 Å². The average Bonchev–Trinajstić information content (AvgIpc) is 3.29. The van der Waals surface area contributed by atoms with E-state index in [0.29, 0.717) is 0 Å². The molecule has 2 aliphatic heterocycles. The fourth-order valence-electron chi connectivity index (χ4n) is 3.51. The van der Waals surface area contributed by atoms with Crippen molar-refractivity contribution in [2.75, 3.05) is 44.3 Å². The molecule has 2 aromatic heterocycles. The first-order chi connectivity index (χ1) is 11.9. The quantitative estimate of drug-likeness (QED) is 0.829. The second-order valence-corrected chi connectivity index (χ2v) is 7.78. The Hall–Kier alpha value is -1.44. The summed E-state index contributed by atoms with van der Waals surface area (Å²) in [5.41, 5.74) is 0. The molecule has 0 unspecified atom stereocenters. The van der Waals surface area contributed by atoms with Gasteiger partial charge in [-0.05, 0) is 31.8 Å². The maximum atomic E-state index is 5.42. The maximum Gasteiger partial charge on any atom is 0.185 e. The highest BCUT2D eigenvalue weighted by Gasteiger charge is 2.21. The third-order valence-electron chi connectivity index (χ3n) is 4.94. The fraction of sp³-hybridized carbons (Fsp3) is 0.647. The summed E-state index contributed by atoms with van der Waals surface area (Å²) in [5.74, 6) is 0.779. The molecule has 24 heavy (non-hydrogen) atoms. The molecule has 0 atom stereocenters. The third kappa shape index (κ3) is 3.96. The first-order valence-corrected chi connectivity index (χ1v) is 9.64. The van der Waals surface area contributed by atoms with Crippen LogP contribution in [-0.4, -0.2) is 58.8 Å². The average molecular weight is 347 g/mol. The molecule has 4 rings (SSSR count). The van der Waals surface area contributed by atoms with E-state index in [1.165, 1.54) is 30.8 Å². The highest BCUT2D eigenvalue weighted by molar-refractivity contribution is 7.15. The van der Waals surface area contributed by atoms with Gasteiger partial charge in [0.25, 0.3) is 0 Å². The van der Waals surface area contributed by atoms with Crippen LogP contribution in [0.3, 0.4) is 0 Å². The van der Waals surface area contributed by atoms with Gasteiger partial charge < -0.3 is 14.2 Å². The smallest absolute Gasteiger partial charge is 0.185 e. The second-order valence-electron chi connectivity index (χ2n) is 6.69. The number of hydrogen-bond donors (Lipinski definition) is 0. The predicted molar refractivity (Wildman–Crippen MR) is 95.4 cm³/mol. The number of aromatic nitrogens is 3. The van der Waals surface area contributed by atoms with E-state index < -0.39 is 0 Å². The zero-order chi connectivity index (χ0) is 16.2. The van der Waals surface area contributed by atoms with E-state index in [0.717, 1.165) is 50.4 Å². The van der Waals surface area contributed by atoms with E-state index in [-0.39, 0.29) is 0 Å². The normalized spacial score (nSPS) is 20.6. The molecule has 4 heterocycles. The molecule has 2 aromatic rings. The van der Waals surface area contributed by atoms with E-state index in [9.17, 15) is 0 Å². The summed E-state index contributed by atoms with van der Waals surface area (Å²) in [6, 6.07) is 0. The first-order valence-electron chi connectivity index (χ1n) is 8.82. The van der Waals surface area contributed by atoms with E-state index in [1.54, 1.807) is 0 Å². The molecule has 0 N–H and O–H groups in total. The van der Waals surface area contributed by atoms with Crippen LogP contribution < -0.4 is 4.90 Å².